The van der Waals surface area contributed by atoms with Crippen LogP contribution >= 0.6 is 15.9 Å². The van der Waals surface area contributed by atoms with E-state index in [1.54, 1.807) is 18.3 Å². The third-order valence-corrected chi connectivity index (χ3v) is 3.15. The lowest BCUT2D eigenvalue weighted by atomic mass is 10.2. The SMILES string of the molecule is Cc1cccnc1COc1cc(Br)ccc1C(=O)O. The molecule has 0 fully saturated rings. The molecule has 2 aromatic rings. The summed E-state index contributed by atoms with van der Waals surface area (Å²) < 4.78 is 6.34. The van der Waals surface area contributed by atoms with Gasteiger partial charge in [0.15, 0.2) is 0 Å². The summed E-state index contributed by atoms with van der Waals surface area (Å²) in [7, 11) is 0. The van der Waals surface area contributed by atoms with Gasteiger partial charge in [0.05, 0.1) is 5.69 Å². The molecule has 0 aliphatic carbocycles. The van der Waals surface area contributed by atoms with Crippen LogP contribution in [0.3, 0.4) is 0 Å². The first-order chi connectivity index (χ1) is 9.08. The van der Waals surface area contributed by atoms with Gasteiger partial charge in [-0.1, -0.05) is 22.0 Å². The molecule has 0 amide bonds. The maximum absolute atomic E-state index is 11.1. The molecular weight excluding hydrogens is 310 g/mol. The summed E-state index contributed by atoms with van der Waals surface area (Å²) in [6, 6.07) is 8.60. The zero-order valence-electron chi connectivity index (χ0n) is 10.3. The first-order valence-electron chi connectivity index (χ1n) is 5.64. The highest BCUT2D eigenvalue weighted by Crippen LogP contribution is 2.24. The molecule has 0 unspecified atom stereocenters. The van der Waals surface area contributed by atoms with Gasteiger partial charge in [-0.2, -0.15) is 0 Å². The number of hydrogen-bond donors (Lipinski definition) is 1. The molecule has 1 N–H and O–H groups in total. The summed E-state index contributed by atoms with van der Waals surface area (Å²) in [6.07, 6.45) is 1.69. The third kappa shape index (κ3) is 3.32. The number of carboxylic acid groups (broad SMARTS) is 1. The third-order valence-electron chi connectivity index (χ3n) is 2.66. The second-order valence-corrected chi connectivity index (χ2v) is 4.92. The lowest BCUT2D eigenvalue weighted by Gasteiger charge is -2.10. The van der Waals surface area contributed by atoms with E-state index >= 15 is 0 Å². The van der Waals surface area contributed by atoms with Gasteiger partial charge in [0, 0.05) is 10.7 Å². The fourth-order valence-electron chi connectivity index (χ4n) is 1.61. The molecule has 0 radical (unpaired) electrons. The highest BCUT2D eigenvalue weighted by atomic mass is 79.9. The van der Waals surface area contributed by atoms with Crippen molar-refractivity contribution in [2.45, 2.75) is 13.5 Å². The van der Waals surface area contributed by atoms with Gasteiger partial charge in [0.1, 0.15) is 17.9 Å². The molecule has 0 spiro atoms. The highest BCUT2D eigenvalue weighted by Gasteiger charge is 2.12. The average molecular weight is 322 g/mol. The van der Waals surface area contributed by atoms with Crippen molar-refractivity contribution in [3.63, 3.8) is 0 Å². The summed E-state index contributed by atoms with van der Waals surface area (Å²) in [5.74, 6) is -0.688. The average Bonchev–Trinajstić information content (AvgIpc) is 2.37. The quantitative estimate of drug-likeness (QED) is 0.937. The van der Waals surface area contributed by atoms with E-state index in [2.05, 4.69) is 20.9 Å². The maximum atomic E-state index is 11.1. The van der Waals surface area contributed by atoms with Crippen LogP contribution in [0.25, 0.3) is 0 Å². The van der Waals surface area contributed by atoms with Gasteiger partial charge in [0.25, 0.3) is 0 Å². The van der Waals surface area contributed by atoms with Gasteiger partial charge in [-0.25, -0.2) is 4.79 Å². The van der Waals surface area contributed by atoms with E-state index in [1.807, 2.05) is 19.1 Å². The Hall–Kier alpha value is -1.88. The summed E-state index contributed by atoms with van der Waals surface area (Å²) in [6.45, 7) is 2.17. The van der Waals surface area contributed by atoms with Crippen LogP contribution in [0.4, 0.5) is 0 Å². The minimum atomic E-state index is -1.01. The van der Waals surface area contributed by atoms with E-state index in [0.29, 0.717) is 5.75 Å². The molecule has 1 heterocycles. The Morgan fingerprint density at radius 1 is 1.42 bits per heavy atom. The summed E-state index contributed by atoms with van der Waals surface area (Å²) in [4.78, 5) is 15.3. The normalized spacial score (nSPS) is 10.2. The fourth-order valence-corrected chi connectivity index (χ4v) is 1.95. The van der Waals surface area contributed by atoms with Crippen molar-refractivity contribution in [2.75, 3.05) is 0 Å². The molecule has 1 aromatic heterocycles. The molecule has 0 atom stereocenters. The van der Waals surface area contributed by atoms with Crippen molar-refractivity contribution >= 4 is 21.9 Å². The number of pyridine rings is 1. The monoisotopic (exact) mass is 321 g/mol. The Kier molecular flexibility index (Phi) is 4.16. The molecule has 2 rings (SSSR count). The van der Waals surface area contributed by atoms with Crippen molar-refractivity contribution in [3.05, 3.63) is 57.8 Å². The van der Waals surface area contributed by atoms with E-state index in [4.69, 9.17) is 9.84 Å². The lowest BCUT2D eigenvalue weighted by molar-refractivity contribution is 0.0691. The molecule has 4 nitrogen and oxygen atoms in total. The minimum absolute atomic E-state index is 0.136. The highest BCUT2D eigenvalue weighted by molar-refractivity contribution is 9.10. The zero-order chi connectivity index (χ0) is 13.8. The van der Waals surface area contributed by atoms with Crippen LogP contribution in [0.2, 0.25) is 0 Å². The Labute approximate surface area is 119 Å². The first-order valence-corrected chi connectivity index (χ1v) is 6.43. The van der Waals surface area contributed by atoms with E-state index in [1.165, 1.54) is 6.07 Å². The van der Waals surface area contributed by atoms with Crippen LogP contribution in [0.15, 0.2) is 41.0 Å². The van der Waals surface area contributed by atoms with Crippen LogP contribution in [-0.4, -0.2) is 16.1 Å². The molecular formula is C14H12BrNO3. The Balaban J connectivity index is 2.22. The van der Waals surface area contributed by atoms with E-state index in [0.717, 1.165) is 15.7 Å². The molecule has 98 valence electrons. The minimum Gasteiger partial charge on any atom is -0.486 e. The number of aryl methyl sites for hydroxylation is 1. The van der Waals surface area contributed by atoms with Crippen LogP contribution in [0, 0.1) is 6.92 Å². The molecule has 0 aliphatic rings. The number of hydrogen-bond acceptors (Lipinski definition) is 3. The van der Waals surface area contributed by atoms with E-state index in [9.17, 15) is 4.79 Å². The van der Waals surface area contributed by atoms with Crippen molar-refractivity contribution < 1.29 is 14.6 Å². The van der Waals surface area contributed by atoms with Crippen LogP contribution in [0.5, 0.6) is 5.75 Å². The molecule has 0 aliphatic heterocycles. The molecule has 19 heavy (non-hydrogen) atoms. The molecule has 0 saturated carbocycles. The van der Waals surface area contributed by atoms with Gasteiger partial charge < -0.3 is 9.84 Å². The topological polar surface area (TPSA) is 59.4 Å². The fraction of sp³-hybridized carbons (Fsp3) is 0.143. The van der Waals surface area contributed by atoms with Gasteiger partial charge in [0.2, 0.25) is 0 Å². The number of nitrogens with zero attached hydrogens (tertiary/aromatic N) is 1. The maximum Gasteiger partial charge on any atom is 0.339 e. The van der Waals surface area contributed by atoms with Gasteiger partial charge in [-0.15, -0.1) is 0 Å². The Bertz CT molecular complexity index is 613. The Morgan fingerprint density at radius 3 is 2.89 bits per heavy atom. The van der Waals surface area contributed by atoms with Crippen LogP contribution in [0.1, 0.15) is 21.6 Å². The van der Waals surface area contributed by atoms with Gasteiger partial charge in [-0.3, -0.25) is 4.98 Å². The summed E-state index contributed by atoms with van der Waals surface area (Å²) in [5, 5.41) is 9.10. The molecule has 0 saturated heterocycles. The van der Waals surface area contributed by atoms with Gasteiger partial charge in [-0.05, 0) is 36.8 Å². The second-order valence-electron chi connectivity index (χ2n) is 4.00. The van der Waals surface area contributed by atoms with Crippen molar-refractivity contribution in [1.82, 2.24) is 4.98 Å². The number of benzene rings is 1. The van der Waals surface area contributed by atoms with E-state index < -0.39 is 5.97 Å². The molecule has 0 bridgehead atoms. The van der Waals surface area contributed by atoms with Gasteiger partial charge >= 0.3 is 5.97 Å². The lowest BCUT2D eigenvalue weighted by Crippen LogP contribution is -2.05. The molecule has 1 aromatic carbocycles. The number of rotatable bonds is 4. The number of carboxylic acids is 1. The second kappa shape index (κ2) is 5.84. The van der Waals surface area contributed by atoms with E-state index in [-0.39, 0.29) is 12.2 Å². The number of carbonyl (C=O) groups is 1. The Morgan fingerprint density at radius 2 is 2.21 bits per heavy atom. The van der Waals surface area contributed by atoms with Crippen LogP contribution < -0.4 is 4.74 Å². The summed E-state index contributed by atoms with van der Waals surface area (Å²) in [5.41, 5.74) is 1.94. The number of ether oxygens (including phenoxy) is 1. The predicted molar refractivity (Wildman–Crippen MR) is 74.4 cm³/mol. The number of aromatic carboxylic acids is 1. The first kappa shape index (κ1) is 13.5. The van der Waals surface area contributed by atoms with Crippen LogP contribution in [-0.2, 0) is 6.61 Å². The largest absolute Gasteiger partial charge is 0.486 e. The standard InChI is InChI=1S/C14H12BrNO3/c1-9-3-2-6-16-12(9)8-19-13-7-10(15)4-5-11(13)14(17)18/h2-7H,8H2,1H3,(H,17,18). The van der Waals surface area contributed by atoms with Crippen molar-refractivity contribution in [1.29, 1.82) is 0 Å². The number of aromatic nitrogens is 1. The predicted octanol–water partition coefficient (Wildman–Crippen LogP) is 3.43. The summed E-state index contributed by atoms with van der Waals surface area (Å²) >= 11 is 3.30. The number of halogens is 1. The molecule has 5 heteroatoms. The van der Waals surface area contributed by atoms with Crippen molar-refractivity contribution in [3.8, 4) is 5.75 Å². The smallest absolute Gasteiger partial charge is 0.339 e. The van der Waals surface area contributed by atoms with Crippen molar-refractivity contribution in [2.24, 2.45) is 0 Å². The zero-order valence-corrected chi connectivity index (χ0v) is 11.8.